The third-order valence-corrected chi connectivity index (χ3v) is 7.63. The molecule has 0 aromatic heterocycles. The normalized spacial score (nSPS) is 10.5. The van der Waals surface area contributed by atoms with Crippen molar-refractivity contribution in [3.8, 4) is 47.3 Å². The van der Waals surface area contributed by atoms with E-state index in [2.05, 4.69) is 39.5 Å². The van der Waals surface area contributed by atoms with E-state index in [0.717, 1.165) is 5.69 Å². The van der Waals surface area contributed by atoms with Gasteiger partial charge in [0.2, 0.25) is 0 Å². The molecule has 0 amide bonds. The van der Waals surface area contributed by atoms with Gasteiger partial charge in [0.1, 0.15) is 53.4 Å². The summed E-state index contributed by atoms with van der Waals surface area (Å²) in [6.45, 7) is 0. The van der Waals surface area contributed by atoms with Crippen molar-refractivity contribution in [1.29, 1.82) is 21.0 Å². The number of rotatable bonds is 6. The van der Waals surface area contributed by atoms with Crippen molar-refractivity contribution in [2.75, 3.05) is 5.32 Å². The number of hydrogen-bond acceptors (Lipinski definition) is 8. The van der Waals surface area contributed by atoms with Crippen LogP contribution in [0.5, 0.6) is 23.0 Å². The molecule has 0 heterocycles. The third-order valence-electron chi connectivity index (χ3n) is 6.50. The minimum absolute atomic E-state index is 0.273. The second-order valence-corrected chi connectivity index (χ2v) is 11.8. The van der Waals surface area contributed by atoms with Gasteiger partial charge in [0.05, 0.1) is 46.2 Å². The number of ether oxygens (including phenoxy) is 2. The lowest BCUT2D eigenvalue weighted by Gasteiger charge is -2.13. The van der Waals surface area contributed by atoms with Crippen molar-refractivity contribution in [2.45, 2.75) is 0 Å². The summed E-state index contributed by atoms with van der Waals surface area (Å²) in [5.41, 5.74) is 8.70. The van der Waals surface area contributed by atoms with Gasteiger partial charge in [0, 0.05) is 32.3 Å². The predicted molar refractivity (Wildman–Crippen MR) is 201 cm³/mol. The highest BCUT2D eigenvalue weighted by molar-refractivity contribution is 9.10. The van der Waals surface area contributed by atoms with Crippen molar-refractivity contribution in [3.63, 3.8) is 0 Å². The van der Waals surface area contributed by atoms with Crippen LogP contribution in [0.15, 0.2) is 138 Å². The molecule has 11 heteroatoms. The van der Waals surface area contributed by atoms with Gasteiger partial charge in [-0.15, -0.1) is 0 Å². The van der Waals surface area contributed by atoms with Crippen molar-refractivity contribution in [3.05, 3.63) is 176 Å². The zero-order chi connectivity index (χ0) is 36.6. The number of nitrogens with two attached hydrogens (primary N) is 1. The second kappa shape index (κ2) is 18.8. The van der Waals surface area contributed by atoms with Crippen LogP contribution in [0, 0.1) is 51.4 Å². The average molecular weight is 771 g/mol. The summed E-state index contributed by atoms with van der Waals surface area (Å²) in [6, 6.07) is 37.6. The van der Waals surface area contributed by atoms with Gasteiger partial charge in [-0.1, -0.05) is 53.5 Å². The number of hydrogen-bond donors (Lipinski definition) is 2. The lowest BCUT2D eigenvalue weighted by Crippen LogP contribution is -1.97. The van der Waals surface area contributed by atoms with E-state index in [1.54, 1.807) is 72.8 Å². The summed E-state index contributed by atoms with van der Waals surface area (Å²) in [6.07, 6.45) is 10.2. The molecule has 1 aliphatic rings. The van der Waals surface area contributed by atoms with Gasteiger partial charge in [-0.05, 0) is 82.7 Å². The zero-order valence-corrected chi connectivity index (χ0v) is 29.5. The van der Waals surface area contributed by atoms with Crippen LogP contribution in [-0.4, -0.2) is 0 Å². The highest BCUT2D eigenvalue weighted by atomic mass is 79.9. The van der Waals surface area contributed by atoms with Crippen molar-refractivity contribution in [2.24, 2.45) is 5.73 Å². The molecule has 0 spiro atoms. The Morgan fingerprint density at radius 3 is 1.65 bits per heavy atom. The second-order valence-electron chi connectivity index (χ2n) is 10.1. The fourth-order valence-corrected chi connectivity index (χ4v) is 4.93. The van der Waals surface area contributed by atoms with E-state index in [1.165, 1.54) is 12.1 Å². The molecule has 0 bridgehead atoms. The van der Waals surface area contributed by atoms with Crippen molar-refractivity contribution < 1.29 is 9.47 Å². The number of halogens is 3. The van der Waals surface area contributed by atoms with Gasteiger partial charge >= 0.3 is 0 Å². The molecule has 5 aromatic rings. The van der Waals surface area contributed by atoms with Crippen molar-refractivity contribution >= 4 is 50.5 Å². The molecule has 0 saturated heterocycles. The van der Waals surface area contributed by atoms with E-state index >= 15 is 0 Å². The Balaban J connectivity index is 0.000000197. The molecule has 0 saturated carbocycles. The van der Waals surface area contributed by atoms with Crippen molar-refractivity contribution in [1.82, 2.24) is 0 Å². The minimum Gasteiger partial charge on any atom is -0.456 e. The maximum Gasteiger partial charge on any atom is 0.200 e. The Kier molecular flexibility index (Phi) is 13.8. The minimum atomic E-state index is 0.273. The van der Waals surface area contributed by atoms with E-state index in [4.69, 9.17) is 48.9 Å². The standard InChI is InChI=1S/C20H12ClN3O.C14H6BrClN2O.C6H6N/c21-16-5-4-8-18(10-16)25-20-11-19(14(12-22)9-15(20)13-23)24-17-6-2-1-3-7-17;15-13-6-14(10(8-18)4-9(13)7-17)19-12-3-1-2-11(16)5-12;7-6-4-2-1-3-5-6/h1-11,24H;1-6H;1-4H,7H2/q;;+1. The monoisotopic (exact) mass is 769 g/mol. The van der Waals surface area contributed by atoms with Crippen LogP contribution in [0.4, 0.5) is 11.4 Å². The van der Waals surface area contributed by atoms with E-state index in [1.807, 2.05) is 54.6 Å². The van der Waals surface area contributed by atoms with Crippen LogP contribution in [0.2, 0.25) is 10.0 Å². The topological polar surface area (TPSA) is 152 Å². The molecule has 8 nitrogen and oxygen atoms in total. The third kappa shape index (κ3) is 11.3. The van der Waals surface area contributed by atoms with Gasteiger partial charge in [-0.25, -0.2) is 0 Å². The van der Waals surface area contributed by atoms with Crippen LogP contribution in [0.3, 0.4) is 0 Å². The molecular formula is C40H24BrCl2N6O2+. The number of anilines is 2. The molecule has 51 heavy (non-hydrogen) atoms. The first-order valence-corrected chi connectivity index (χ1v) is 16.3. The van der Waals surface area contributed by atoms with Gasteiger partial charge in [0.15, 0.2) is 5.70 Å². The van der Waals surface area contributed by atoms with E-state index < -0.39 is 0 Å². The Hall–Kier alpha value is -6.55. The molecule has 246 valence electrons. The molecule has 6 rings (SSSR count). The van der Waals surface area contributed by atoms with Gasteiger partial charge < -0.3 is 20.5 Å². The summed E-state index contributed by atoms with van der Waals surface area (Å²) >= 11 is 15.1. The quantitative estimate of drug-likeness (QED) is 0.162. The molecular weight excluding hydrogens is 747 g/mol. The molecule has 3 N–H and O–H groups in total. The Labute approximate surface area is 313 Å². The fourth-order valence-electron chi connectivity index (χ4n) is 4.16. The number of allylic oxidation sites excluding steroid dienone is 5. The fraction of sp³-hybridized carbons (Fsp3) is 0. The number of nitrogens with zero attached hydrogens (tertiary/aromatic N) is 4. The first-order chi connectivity index (χ1) is 24.7. The Morgan fingerprint density at radius 2 is 1.18 bits per heavy atom. The first-order valence-electron chi connectivity index (χ1n) is 14.8. The Morgan fingerprint density at radius 1 is 0.627 bits per heavy atom. The molecule has 5 aromatic carbocycles. The van der Waals surface area contributed by atoms with Gasteiger partial charge in [0.25, 0.3) is 0 Å². The van der Waals surface area contributed by atoms with Crippen LogP contribution in [0.25, 0.3) is 0 Å². The predicted octanol–water partition coefficient (Wildman–Crippen LogP) is 11.0. The zero-order valence-electron chi connectivity index (χ0n) is 26.4. The molecule has 0 unspecified atom stereocenters. The van der Waals surface area contributed by atoms with Gasteiger partial charge in [-0.3, -0.25) is 0 Å². The lowest BCUT2D eigenvalue weighted by atomic mass is 10.1. The lowest BCUT2D eigenvalue weighted by molar-refractivity contribution is 0.480. The Bertz CT molecular complexity index is 2300. The summed E-state index contributed by atoms with van der Waals surface area (Å²) in [5.74, 6) is 1.76. The van der Waals surface area contributed by atoms with Crippen LogP contribution >= 0.6 is 39.1 Å². The van der Waals surface area contributed by atoms with Gasteiger partial charge in [-0.2, -0.15) is 21.0 Å². The number of para-hydroxylation sites is 1. The number of benzene rings is 5. The molecule has 0 atom stereocenters. The molecule has 0 radical (unpaired) electrons. The number of nitriles is 4. The highest BCUT2D eigenvalue weighted by Crippen LogP contribution is 2.34. The number of nitrogens with one attached hydrogen (secondary N) is 1. The summed E-state index contributed by atoms with van der Waals surface area (Å²) in [5, 5.41) is 41.0. The SMILES string of the molecule is N#Cc1cc(C#N)c(Oc2cccc(Cl)c2)cc1Br.N#Cc1cc(C#N)c(Oc2cccc(Cl)c2)cc1Nc1ccccc1.NC1=CC=CC=[C+]1. The molecule has 0 aliphatic heterocycles. The van der Waals surface area contributed by atoms with Crippen LogP contribution in [-0.2, 0) is 0 Å². The van der Waals surface area contributed by atoms with E-state index in [-0.39, 0.29) is 5.56 Å². The first kappa shape index (κ1) is 37.3. The molecule has 0 fully saturated rings. The average Bonchev–Trinajstić information content (AvgIpc) is 3.13. The maximum atomic E-state index is 9.38. The largest absolute Gasteiger partial charge is 0.456 e. The maximum absolute atomic E-state index is 9.38. The summed E-state index contributed by atoms with van der Waals surface area (Å²) in [7, 11) is 0. The smallest absolute Gasteiger partial charge is 0.200 e. The van der Waals surface area contributed by atoms with E-state index in [0.29, 0.717) is 65.6 Å². The van der Waals surface area contributed by atoms with E-state index in [9.17, 15) is 10.5 Å². The highest BCUT2D eigenvalue weighted by Gasteiger charge is 2.13. The summed E-state index contributed by atoms with van der Waals surface area (Å²) in [4.78, 5) is 0. The van der Waals surface area contributed by atoms with Crippen LogP contribution in [0.1, 0.15) is 22.3 Å². The molecule has 1 aliphatic carbocycles. The van der Waals surface area contributed by atoms with Crippen LogP contribution < -0.4 is 20.5 Å². The summed E-state index contributed by atoms with van der Waals surface area (Å²) < 4.78 is 12.0.